The Balaban J connectivity index is 1.76. The van der Waals surface area contributed by atoms with E-state index in [1.807, 2.05) is 0 Å². The molecule has 1 amide bonds. The fraction of sp³-hybridized carbons (Fsp3) is 0.727. The zero-order chi connectivity index (χ0) is 14.3. The predicted molar refractivity (Wildman–Crippen MR) is 61.4 cm³/mol. The van der Waals surface area contributed by atoms with Crippen LogP contribution in [0.5, 0.6) is 0 Å². The first-order valence-electron chi connectivity index (χ1n) is 6.45. The van der Waals surface area contributed by atoms with Gasteiger partial charge in [-0.1, -0.05) is 0 Å². The summed E-state index contributed by atoms with van der Waals surface area (Å²) in [5.41, 5.74) is 0. The summed E-state index contributed by atoms with van der Waals surface area (Å²) in [6.07, 6.45) is -3.73. The highest BCUT2D eigenvalue weighted by Gasteiger charge is 2.40. The van der Waals surface area contributed by atoms with Crippen molar-refractivity contribution in [3.8, 4) is 0 Å². The summed E-state index contributed by atoms with van der Waals surface area (Å²) in [7, 11) is 0. The Morgan fingerprint density at radius 1 is 1.30 bits per heavy atom. The van der Waals surface area contributed by atoms with Crippen LogP contribution in [0.3, 0.4) is 0 Å². The third-order valence-corrected chi connectivity index (χ3v) is 3.73. The molecule has 2 aliphatic heterocycles. The molecule has 6 nitrogen and oxygen atoms in total. The molecule has 0 radical (unpaired) electrons. The van der Waals surface area contributed by atoms with Gasteiger partial charge in [-0.05, 0) is 13.0 Å². The number of rotatable bonds is 1. The van der Waals surface area contributed by atoms with Gasteiger partial charge in [0.05, 0.1) is 12.5 Å². The molecule has 0 aliphatic carbocycles. The first-order chi connectivity index (χ1) is 9.47. The maximum Gasteiger partial charge on any atom is 0.451 e. The number of nitrogens with zero attached hydrogens (tertiary/aromatic N) is 4. The molecule has 20 heavy (non-hydrogen) atoms. The van der Waals surface area contributed by atoms with E-state index in [0.717, 1.165) is 17.5 Å². The van der Waals surface area contributed by atoms with Crippen molar-refractivity contribution in [2.24, 2.45) is 5.92 Å². The summed E-state index contributed by atoms with van der Waals surface area (Å²) in [6.45, 7) is 1.89. The number of hydrogen-bond acceptors (Lipinski definition) is 4. The topological polar surface area (TPSA) is 63.1 Å². The second-order valence-electron chi connectivity index (χ2n) is 5.04. The van der Waals surface area contributed by atoms with E-state index in [0.29, 0.717) is 6.54 Å². The number of fused-ring (bicyclic) bond motifs is 1. The number of aromatic nitrogens is 3. The molecule has 1 aromatic heterocycles. The zero-order valence-electron chi connectivity index (χ0n) is 10.7. The molecule has 1 unspecified atom stereocenters. The molecule has 2 aliphatic rings. The third-order valence-electron chi connectivity index (χ3n) is 3.73. The summed E-state index contributed by atoms with van der Waals surface area (Å²) in [5.74, 6) is -0.880. The monoisotopic (exact) mass is 289 g/mol. The molecular weight excluding hydrogens is 275 g/mol. The van der Waals surface area contributed by atoms with E-state index >= 15 is 0 Å². The van der Waals surface area contributed by atoms with Crippen LogP contribution in [-0.4, -0.2) is 45.2 Å². The second kappa shape index (κ2) is 4.72. The minimum Gasteiger partial charge on any atom is -0.333 e. The Labute approximate surface area is 112 Å². The van der Waals surface area contributed by atoms with E-state index in [1.54, 1.807) is 4.90 Å². The molecule has 110 valence electrons. The second-order valence-corrected chi connectivity index (χ2v) is 5.04. The lowest BCUT2D eigenvalue weighted by Crippen LogP contribution is -2.42. The maximum atomic E-state index is 12.7. The first-order valence-corrected chi connectivity index (χ1v) is 6.45. The van der Waals surface area contributed by atoms with E-state index in [9.17, 15) is 18.0 Å². The average molecular weight is 289 g/mol. The molecule has 3 heterocycles. The number of amides is 1. The van der Waals surface area contributed by atoms with Crippen molar-refractivity contribution in [2.45, 2.75) is 25.7 Å². The molecule has 1 N–H and O–H groups in total. The van der Waals surface area contributed by atoms with Crippen LogP contribution in [-0.2, 0) is 24.1 Å². The van der Waals surface area contributed by atoms with Gasteiger partial charge >= 0.3 is 6.18 Å². The van der Waals surface area contributed by atoms with Crippen molar-refractivity contribution >= 4 is 5.91 Å². The van der Waals surface area contributed by atoms with E-state index < -0.39 is 12.0 Å². The largest absolute Gasteiger partial charge is 0.451 e. The highest BCUT2D eigenvalue weighted by molar-refractivity contribution is 5.79. The summed E-state index contributed by atoms with van der Waals surface area (Å²) in [5, 5.41) is 9.87. The van der Waals surface area contributed by atoms with Crippen molar-refractivity contribution in [3.05, 3.63) is 11.6 Å². The van der Waals surface area contributed by atoms with Crippen LogP contribution in [0.1, 0.15) is 18.1 Å². The number of hydrogen-bond donors (Lipinski definition) is 1. The minimum absolute atomic E-state index is 0.0159. The predicted octanol–water partition coefficient (Wildman–Crippen LogP) is 0.249. The molecule has 1 fully saturated rings. The lowest BCUT2D eigenvalue weighted by atomic mass is 10.1. The average Bonchev–Trinajstić information content (AvgIpc) is 3.05. The van der Waals surface area contributed by atoms with Crippen molar-refractivity contribution in [1.29, 1.82) is 0 Å². The molecule has 0 saturated carbocycles. The van der Waals surface area contributed by atoms with Crippen LogP contribution in [0, 0.1) is 5.92 Å². The van der Waals surface area contributed by atoms with Crippen LogP contribution in [0.2, 0.25) is 0 Å². The lowest BCUT2D eigenvalue weighted by molar-refractivity contribution is -0.148. The molecule has 1 aromatic rings. The number of nitrogens with one attached hydrogen (secondary N) is 1. The molecule has 9 heteroatoms. The quantitative estimate of drug-likeness (QED) is 0.805. The molecule has 1 atom stereocenters. The minimum atomic E-state index is -4.51. The smallest absolute Gasteiger partial charge is 0.333 e. The normalized spacial score (nSPS) is 22.9. The van der Waals surface area contributed by atoms with Gasteiger partial charge in [-0.3, -0.25) is 4.79 Å². The van der Waals surface area contributed by atoms with Gasteiger partial charge in [0, 0.05) is 19.6 Å². The Kier molecular flexibility index (Phi) is 3.15. The molecule has 1 saturated heterocycles. The van der Waals surface area contributed by atoms with Gasteiger partial charge in [0.2, 0.25) is 11.7 Å². The van der Waals surface area contributed by atoms with Crippen LogP contribution in [0.4, 0.5) is 13.2 Å². The Morgan fingerprint density at radius 2 is 2.10 bits per heavy atom. The van der Waals surface area contributed by atoms with Gasteiger partial charge in [-0.15, -0.1) is 10.2 Å². The summed E-state index contributed by atoms with van der Waals surface area (Å²) in [4.78, 5) is 13.8. The van der Waals surface area contributed by atoms with Crippen LogP contribution >= 0.6 is 0 Å². The highest BCUT2D eigenvalue weighted by atomic mass is 19.4. The standard InChI is InChI=1S/C11H14F3N5O/c12-11(13,14)10-17-16-8-6-18(3-4-19(8)10)9(20)7-1-2-15-5-7/h7,15H,1-6H2. The van der Waals surface area contributed by atoms with Gasteiger partial charge in [-0.25, -0.2) is 0 Å². The molecule has 0 spiro atoms. The zero-order valence-corrected chi connectivity index (χ0v) is 10.7. The summed E-state index contributed by atoms with van der Waals surface area (Å²) < 4.78 is 39.1. The lowest BCUT2D eigenvalue weighted by Gasteiger charge is -2.29. The highest BCUT2D eigenvalue weighted by Crippen LogP contribution is 2.29. The van der Waals surface area contributed by atoms with Crippen molar-refractivity contribution in [1.82, 2.24) is 25.0 Å². The van der Waals surface area contributed by atoms with Crippen molar-refractivity contribution < 1.29 is 18.0 Å². The van der Waals surface area contributed by atoms with Crippen molar-refractivity contribution in [2.75, 3.05) is 19.6 Å². The van der Waals surface area contributed by atoms with Gasteiger partial charge in [0.25, 0.3) is 0 Å². The van der Waals surface area contributed by atoms with E-state index in [1.165, 1.54) is 0 Å². The van der Waals surface area contributed by atoms with Crippen molar-refractivity contribution in [3.63, 3.8) is 0 Å². The van der Waals surface area contributed by atoms with E-state index in [-0.39, 0.29) is 37.3 Å². The molecule has 0 bridgehead atoms. The number of carbonyl (C=O) groups excluding carboxylic acids is 1. The summed E-state index contributed by atoms with van der Waals surface area (Å²) in [6, 6.07) is 0. The fourth-order valence-corrected chi connectivity index (χ4v) is 2.68. The number of carbonyl (C=O) groups is 1. The SMILES string of the molecule is O=C(C1CCNC1)N1CCn2c(nnc2C(F)(F)F)C1. The maximum absolute atomic E-state index is 12.7. The van der Waals surface area contributed by atoms with Crippen LogP contribution < -0.4 is 5.32 Å². The molecule has 3 rings (SSSR count). The third kappa shape index (κ3) is 2.26. The Morgan fingerprint density at radius 3 is 2.75 bits per heavy atom. The summed E-state index contributed by atoms with van der Waals surface area (Å²) >= 11 is 0. The van der Waals surface area contributed by atoms with Gasteiger partial charge < -0.3 is 14.8 Å². The Bertz CT molecular complexity index is 521. The first kappa shape index (κ1) is 13.3. The van der Waals surface area contributed by atoms with Gasteiger partial charge in [-0.2, -0.15) is 13.2 Å². The van der Waals surface area contributed by atoms with Crippen LogP contribution in [0.15, 0.2) is 0 Å². The fourth-order valence-electron chi connectivity index (χ4n) is 2.68. The van der Waals surface area contributed by atoms with Crippen LogP contribution in [0.25, 0.3) is 0 Å². The van der Waals surface area contributed by atoms with Gasteiger partial charge in [0.15, 0.2) is 5.82 Å². The Hall–Kier alpha value is -1.64. The number of alkyl halides is 3. The molecular formula is C11H14F3N5O. The molecule has 0 aromatic carbocycles. The van der Waals surface area contributed by atoms with E-state index in [4.69, 9.17) is 0 Å². The number of halogens is 3. The van der Waals surface area contributed by atoms with Gasteiger partial charge in [0.1, 0.15) is 0 Å². The van der Waals surface area contributed by atoms with E-state index in [2.05, 4.69) is 15.5 Å².